The Morgan fingerprint density at radius 3 is 2.55 bits per heavy atom. The number of piperazine rings is 1. The van der Waals surface area contributed by atoms with Crippen LogP contribution in [0, 0.1) is 6.92 Å². The molecule has 112 valence electrons. The van der Waals surface area contributed by atoms with Crippen LogP contribution in [0.15, 0.2) is 12.4 Å². The maximum atomic E-state index is 11.5. The van der Waals surface area contributed by atoms with Crippen molar-refractivity contribution in [1.82, 2.24) is 24.7 Å². The topological polar surface area (TPSA) is 53.4 Å². The highest BCUT2D eigenvalue weighted by molar-refractivity contribution is 5.77. The molecule has 2 heterocycles. The van der Waals surface area contributed by atoms with E-state index >= 15 is 0 Å². The molecule has 1 aliphatic heterocycles. The fourth-order valence-electron chi connectivity index (χ4n) is 2.52. The van der Waals surface area contributed by atoms with Gasteiger partial charge in [0.1, 0.15) is 5.82 Å². The zero-order valence-corrected chi connectivity index (χ0v) is 12.5. The second kappa shape index (κ2) is 7.40. The van der Waals surface area contributed by atoms with Gasteiger partial charge in [-0.25, -0.2) is 4.98 Å². The van der Waals surface area contributed by atoms with E-state index in [4.69, 9.17) is 0 Å². The molecule has 0 aromatic carbocycles. The number of carbonyl (C=O) groups excluding carboxylic acids is 1. The van der Waals surface area contributed by atoms with Crippen molar-refractivity contribution < 1.29 is 4.79 Å². The largest absolute Gasteiger partial charge is 0.355 e. The fourth-order valence-corrected chi connectivity index (χ4v) is 2.52. The lowest BCUT2D eigenvalue weighted by Crippen LogP contribution is -2.50. The van der Waals surface area contributed by atoms with E-state index in [1.807, 2.05) is 26.2 Å². The van der Waals surface area contributed by atoms with Crippen LogP contribution in [-0.2, 0) is 11.3 Å². The zero-order chi connectivity index (χ0) is 14.4. The van der Waals surface area contributed by atoms with Gasteiger partial charge in [-0.2, -0.15) is 0 Å². The summed E-state index contributed by atoms with van der Waals surface area (Å²) >= 11 is 0. The molecule has 1 amide bonds. The molecule has 1 aromatic rings. The molecule has 0 atom stereocenters. The van der Waals surface area contributed by atoms with Crippen LogP contribution in [0.4, 0.5) is 0 Å². The number of amides is 1. The van der Waals surface area contributed by atoms with Crippen molar-refractivity contribution in [2.45, 2.75) is 20.4 Å². The van der Waals surface area contributed by atoms with Gasteiger partial charge in [-0.15, -0.1) is 0 Å². The molecule has 1 fully saturated rings. The predicted molar refractivity (Wildman–Crippen MR) is 78.5 cm³/mol. The Bertz CT molecular complexity index is 423. The molecule has 6 heteroatoms. The van der Waals surface area contributed by atoms with Crippen LogP contribution in [0.2, 0.25) is 0 Å². The van der Waals surface area contributed by atoms with Crippen molar-refractivity contribution >= 4 is 5.91 Å². The third-order valence-corrected chi connectivity index (χ3v) is 3.79. The molecule has 20 heavy (non-hydrogen) atoms. The smallest absolute Gasteiger partial charge is 0.234 e. The SMILES string of the molecule is CCNC(=O)CN1CCN(CCn2ccnc2C)CC1. The van der Waals surface area contributed by atoms with Gasteiger partial charge in [0, 0.05) is 58.2 Å². The first-order chi connectivity index (χ1) is 9.69. The second-order valence-corrected chi connectivity index (χ2v) is 5.24. The summed E-state index contributed by atoms with van der Waals surface area (Å²) in [5.74, 6) is 1.20. The number of hydrogen-bond donors (Lipinski definition) is 1. The average molecular weight is 279 g/mol. The Morgan fingerprint density at radius 2 is 1.95 bits per heavy atom. The van der Waals surface area contributed by atoms with Crippen molar-refractivity contribution in [2.75, 3.05) is 45.8 Å². The van der Waals surface area contributed by atoms with Gasteiger partial charge in [-0.3, -0.25) is 14.6 Å². The van der Waals surface area contributed by atoms with Crippen LogP contribution in [0.5, 0.6) is 0 Å². The average Bonchev–Trinajstić information content (AvgIpc) is 2.84. The first-order valence-electron chi connectivity index (χ1n) is 7.38. The van der Waals surface area contributed by atoms with E-state index in [0.717, 1.165) is 45.1 Å². The van der Waals surface area contributed by atoms with Crippen LogP contribution in [-0.4, -0.2) is 71.1 Å². The molecule has 0 saturated carbocycles. The Kier molecular flexibility index (Phi) is 5.55. The number of imidazole rings is 1. The lowest BCUT2D eigenvalue weighted by atomic mass is 10.3. The first-order valence-corrected chi connectivity index (χ1v) is 7.38. The van der Waals surface area contributed by atoms with E-state index < -0.39 is 0 Å². The second-order valence-electron chi connectivity index (χ2n) is 5.24. The number of aryl methyl sites for hydroxylation is 1. The zero-order valence-electron chi connectivity index (χ0n) is 12.5. The normalized spacial score (nSPS) is 17.3. The molecule has 0 unspecified atom stereocenters. The minimum Gasteiger partial charge on any atom is -0.355 e. The van der Waals surface area contributed by atoms with Crippen molar-refractivity contribution in [1.29, 1.82) is 0 Å². The number of nitrogens with one attached hydrogen (secondary N) is 1. The molecular formula is C14H25N5O. The van der Waals surface area contributed by atoms with E-state index in [9.17, 15) is 4.79 Å². The molecule has 0 radical (unpaired) electrons. The molecule has 1 aliphatic rings. The number of rotatable bonds is 6. The van der Waals surface area contributed by atoms with Crippen LogP contribution >= 0.6 is 0 Å². The van der Waals surface area contributed by atoms with E-state index in [2.05, 4.69) is 24.7 Å². The van der Waals surface area contributed by atoms with E-state index in [0.29, 0.717) is 13.1 Å². The van der Waals surface area contributed by atoms with Crippen molar-refractivity contribution in [3.8, 4) is 0 Å². The maximum absolute atomic E-state index is 11.5. The number of hydrogen-bond acceptors (Lipinski definition) is 4. The Morgan fingerprint density at radius 1 is 1.25 bits per heavy atom. The standard InChI is InChI=1S/C14H25N5O/c1-3-15-14(20)12-18-8-6-17(7-9-18)10-11-19-5-4-16-13(19)2/h4-5H,3,6-12H2,1-2H3,(H,15,20). The van der Waals surface area contributed by atoms with Crippen molar-refractivity contribution in [3.63, 3.8) is 0 Å². The Labute approximate surface area is 120 Å². The molecule has 2 rings (SSSR count). The first kappa shape index (κ1) is 15.0. The summed E-state index contributed by atoms with van der Waals surface area (Å²) in [5.41, 5.74) is 0. The number of aromatic nitrogens is 2. The van der Waals surface area contributed by atoms with Gasteiger partial charge in [0.05, 0.1) is 6.54 Å². The van der Waals surface area contributed by atoms with Crippen LogP contribution in [0.25, 0.3) is 0 Å². The molecule has 1 saturated heterocycles. The van der Waals surface area contributed by atoms with Crippen LogP contribution < -0.4 is 5.32 Å². The van der Waals surface area contributed by atoms with E-state index in [-0.39, 0.29) is 5.91 Å². The quantitative estimate of drug-likeness (QED) is 0.793. The molecular weight excluding hydrogens is 254 g/mol. The Balaban J connectivity index is 1.66. The summed E-state index contributed by atoms with van der Waals surface area (Å²) in [6, 6.07) is 0. The molecule has 1 aromatic heterocycles. The van der Waals surface area contributed by atoms with Crippen molar-refractivity contribution in [3.05, 3.63) is 18.2 Å². The van der Waals surface area contributed by atoms with Crippen molar-refractivity contribution in [2.24, 2.45) is 0 Å². The predicted octanol–water partition coefficient (Wildman–Crippen LogP) is -0.0548. The maximum Gasteiger partial charge on any atom is 0.234 e. The van der Waals surface area contributed by atoms with Gasteiger partial charge in [-0.05, 0) is 13.8 Å². The van der Waals surface area contributed by atoms with Gasteiger partial charge >= 0.3 is 0 Å². The number of likely N-dealkylation sites (N-methyl/N-ethyl adjacent to an activating group) is 1. The number of carbonyl (C=O) groups is 1. The summed E-state index contributed by atoms with van der Waals surface area (Å²) in [4.78, 5) is 20.4. The van der Waals surface area contributed by atoms with Crippen LogP contribution in [0.3, 0.4) is 0 Å². The summed E-state index contributed by atoms with van der Waals surface area (Å²) in [5, 5.41) is 2.85. The number of nitrogens with zero attached hydrogens (tertiary/aromatic N) is 4. The van der Waals surface area contributed by atoms with Gasteiger partial charge in [-0.1, -0.05) is 0 Å². The summed E-state index contributed by atoms with van der Waals surface area (Å²) in [7, 11) is 0. The summed E-state index contributed by atoms with van der Waals surface area (Å²) in [6.45, 7) is 11.3. The highest BCUT2D eigenvalue weighted by Gasteiger charge is 2.18. The minimum absolute atomic E-state index is 0.134. The highest BCUT2D eigenvalue weighted by Crippen LogP contribution is 2.03. The van der Waals surface area contributed by atoms with E-state index in [1.165, 1.54) is 0 Å². The van der Waals surface area contributed by atoms with Gasteiger partial charge in [0.2, 0.25) is 5.91 Å². The molecule has 0 bridgehead atoms. The van der Waals surface area contributed by atoms with Gasteiger partial charge < -0.3 is 9.88 Å². The minimum atomic E-state index is 0.134. The third-order valence-electron chi connectivity index (χ3n) is 3.79. The molecule has 1 N–H and O–H groups in total. The molecule has 0 spiro atoms. The van der Waals surface area contributed by atoms with E-state index in [1.54, 1.807) is 0 Å². The van der Waals surface area contributed by atoms with Gasteiger partial charge in [0.15, 0.2) is 0 Å². The summed E-state index contributed by atoms with van der Waals surface area (Å²) in [6.07, 6.45) is 3.88. The van der Waals surface area contributed by atoms with Crippen LogP contribution in [0.1, 0.15) is 12.7 Å². The van der Waals surface area contributed by atoms with Gasteiger partial charge in [0.25, 0.3) is 0 Å². The fraction of sp³-hybridized carbons (Fsp3) is 0.714. The third kappa shape index (κ3) is 4.31. The highest BCUT2D eigenvalue weighted by atomic mass is 16.2. The lowest BCUT2D eigenvalue weighted by Gasteiger charge is -2.34. The lowest BCUT2D eigenvalue weighted by molar-refractivity contribution is -0.122. The monoisotopic (exact) mass is 279 g/mol. The Hall–Kier alpha value is -1.40. The molecule has 6 nitrogen and oxygen atoms in total. The molecule has 0 aliphatic carbocycles. The summed E-state index contributed by atoms with van der Waals surface area (Å²) < 4.78 is 2.18.